The summed E-state index contributed by atoms with van der Waals surface area (Å²) in [5.41, 5.74) is 5.29. The van der Waals surface area contributed by atoms with Crippen molar-refractivity contribution in [2.24, 2.45) is 5.10 Å². The molecule has 0 aliphatic heterocycles. The topological polar surface area (TPSA) is 92.9 Å². The van der Waals surface area contributed by atoms with Gasteiger partial charge in [-0.05, 0) is 44.0 Å². The number of methoxy groups -OCH3 is 1. The van der Waals surface area contributed by atoms with E-state index in [1.165, 1.54) is 0 Å². The van der Waals surface area contributed by atoms with Crippen molar-refractivity contribution in [3.05, 3.63) is 57.5 Å². The van der Waals surface area contributed by atoms with Crippen LogP contribution in [-0.4, -0.2) is 37.8 Å². The van der Waals surface area contributed by atoms with Crippen LogP contribution in [0.15, 0.2) is 33.8 Å². The van der Waals surface area contributed by atoms with E-state index in [1.54, 1.807) is 31.4 Å². The Balaban J connectivity index is 1.78. The maximum atomic E-state index is 12.4. The number of furan rings is 1. The molecule has 0 bridgehead atoms. The molecule has 1 heterocycles. The highest BCUT2D eigenvalue weighted by Crippen LogP contribution is 2.29. The van der Waals surface area contributed by atoms with Crippen LogP contribution in [0.4, 0.5) is 0 Å². The number of nitrogens with one attached hydrogen (secondary N) is 2. The fourth-order valence-electron chi connectivity index (χ4n) is 3.13. The van der Waals surface area contributed by atoms with Crippen molar-refractivity contribution in [3.8, 4) is 0 Å². The molecule has 1 aromatic carbocycles. The van der Waals surface area contributed by atoms with Crippen LogP contribution in [0, 0.1) is 6.92 Å². The van der Waals surface area contributed by atoms with E-state index in [4.69, 9.17) is 20.8 Å². The maximum Gasteiger partial charge on any atom is 0.287 e. The van der Waals surface area contributed by atoms with E-state index in [0.29, 0.717) is 35.9 Å². The standard InChI is InChI=1S/C20H22ClN3O4/c1-12-17-15(23-24-19(25)13-6-8-14(21)9-7-13)4-3-5-16(17)28-18(12)20(26)22-10-11-27-2/h6-9H,3-5,10-11H2,1-2H3,(H,22,26)(H,24,25)/b23-15+. The van der Waals surface area contributed by atoms with Crippen LogP contribution in [0.3, 0.4) is 0 Å². The third-order valence-corrected chi connectivity index (χ3v) is 4.77. The van der Waals surface area contributed by atoms with Crippen LogP contribution in [0.5, 0.6) is 0 Å². The molecule has 0 fully saturated rings. The van der Waals surface area contributed by atoms with Gasteiger partial charge in [-0.1, -0.05) is 11.6 Å². The van der Waals surface area contributed by atoms with Gasteiger partial charge >= 0.3 is 0 Å². The van der Waals surface area contributed by atoms with Gasteiger partial charge in [-0.2, -0.15) is 5.10 Å². The predicted molar refractivity (Wildman–Crippen MR) is 106 cm³/mol. The van der Waals surface area contributed by atoms with Gasteiger partial charge in [0.1, 0.15) is 5.76 Å². The number of carbonyl (C=O) groups is 2. The number of benzene rings is 1. The maximum absolute atomic E-state index is 12.4. The molecular weight excluding hydrogens is 382 g/mol. The number of ether oxygens (including phenoxy) is 1. The molecule has 0 unspecified atom stereocenters. The highest BCUT2D eigenvalue weighted by Gasteiger charge is 2.28. The normalized spacial score (nSPS) is 14.6. The summed E-state index contributed by atoms with van der Waals surface area (Å²) in [4.78, 5) is 24.7. The Bertz CT molecular complexity index is 903. The molecule has 148 valence electrons. The van der Waals surface area contributed by atoms with Gasteiger partial charge in [-0.15, -0.1) is 0 Å². The summed E-state index contributed by atoms with van der Waals surface area (Å²) in [6.07, 6.45) is 2.25. The van der Waals surface area contributed by atoms with Crippen LogP contribution in [-0.2, 0) is 11.2 Å². The molecule has 0 saturated heterocycles. The minimum atomic E-state index is -0.324. The Labute approximate surface area is 168 Å². The van der Waals surface area contributed by atoms with Crippen molar-refractivity contribution >= 4 is 29.1 Å². The molecule has 0 saturated carbocycles. The van der Waals surface area contributed by atoms with Crippen LogP contribution in [0.1, 0.15) is 50.6 Å². The minimum Gasteiger partial charge on any atom is -0.455 e. The van der Waals surface area contributed by atoms with E-state index in [2.05, 4.69) is 15.8 Å². The van der Waals surface area contributed by atoms with E-state index >= 15 is 0 Å². The Morgan fingerprint density at radius 2 is 1.96 bits per heavy atom. The van der Waals surface area contributed by atoms with Crippen molar-refractivity contribution in [2.75, 3.05) is 20.3 Å². The second-order valence-electron chi connectivity index (χ2n) is 6.46. The van der Waals surface area contributed by atoms with Gasteiger partial charge in [-0.25, -0.2) is 5.43 Å². The lowest BCUT2D eigenvalue weighted by Gasteiger charge is -2.13. The zero-order valence-electron chi connectivity index (χ0n) is 15.8. The SMILES string of the molecule is COCCNC(=O)c1oc2c(c1C)/C(=N/NC(=O)c1ccc(Cl)cc1)CCC2. The van der Waals surface area contributed by atoms with Gasteiger partial charge in [0.05, 0.1) is 12.3 Å². The second kappa shape index (κ2) is 9.03. The van der Waals surface area contributed by atoms with Gasteiger partial charge in [0.15, 0.2) is 5.76 Å². The number of fused-ring (bicyclic) bond motifs is 1. The monoisotopic (exact) mass is 403 g/mol. The number of hydrogen-bond donors (Lipinski definition) is 2. The number of hydrogen-bond acceptors (Lipinski definition) is 5. The first-order valence-corrected chi connectivity index (χ1v) is 9.41. The summed E-state index contributed by atoms with van der Waals surface area (Å²) in [6, 6.07) is 6.57. The lowest BCUT2D eigenvalue weighted by molar-refractivity contribution is 0.0906. The highest BCUT2D eigenvalue weighted by molar-refractivity contribution is 6.30. The number of carbonyl (C=O) groups excluding carboxylic acids is 2. The summed E-state index contributed by atoms with van der Waals surface area (Å²) < 4.78 is 10.7. The van der Waals surface area contributed by atoms with E-state index < -0.39 is 0 Å². The van der Waals surface area contributed by atoms with Crippen molar-refractivity contribution < 1.29 is 18.7 Å². The zero-order valence-corrected chi connectivity index (χ0v) is 16.6. The van der Waals surface area contributed by atoms with Gasteiger partial charge in [0.2, 0.25) is 0 Å². The number of amides is 2. The Morgan fingerprint density at radius 3 is 2.68 bits per heavy atom. The molecule has 1 aliphatic rings. The van der Waals surface area contributed by atoms with E-state index in [9.17, 15) is 9.59 Å². The molecular formula is C20H22ClN3O4. The molecule has 28 heavy (non-hydrogen) atoms. The molecule has 1 aliphatic carbocycles. The average Bonchev–Trinajstić information content (AvgIpc) is 3.04. The number of rotatable bonds is 6. The van der Waals surface area contributed by atoms with E-state index in [0.717, 1.165) is 29.7 Å². The fourth-order valence-corrected chi connectivity index (χ4v) is 3.25. The highest BCUT2D eigenvalue weighted by atomic mass is 35.5. The summed E-state index contributed by atoms with van der Waals surface area (Å²) in [6.45, 7) is 2.66. The van der Waals surface area contributed by atoms with Gasteiger partial charge < -0.3 is 14.5 Å². The van der Waals surface area contributed by atoms with Crippen molar-refractivity contribution in [1.82, 2.24) is 10.7 Å². The Hall–Kier alpha value is -2.64. The molecule has 2 N–H and O–H groups in total. The predicted octanol–water partition coefficient (Wildman–Crippen LogP) is 3.09. The van der Waals surface area contributed by atoms with Crippen LogP contribution in [0.25, 0.3) is 0 Å². The van der Waals surface area contributed by atoms with Crippen molar-refractivity contribution in [1.29, 1.82) is 0 Å². The summed E-state index contributed by atoms with van der Waals surface area (Å²) in [5.74, 6) is 0.392. The summed E-state index contributed by atoms with van der Waals surface area (Å²) in [7, 11) is 1.57. The lowest BCUT2D eigenvalue weighted by atomic mass is 9.93. The van der Waals surface area contributed by atoms with Crippen LogP contribution < -0.4 is 10.7 Å². The molecule has 7 nitrogen and oxygen atoms in total. The number of nitrogens with zero attached hydrogens (tertiary/aromatic N) is 1. The fraction of sp³-hybridized carbons (Fsp3) is 0.350. The molecule has 0 radical (unpaired) electrons. The molecule has 0 atom stereocenters. The van der Waals surface area contributed by atoms with Crippen LogP contribution >= 0.6 is 11.6 Å². The molecule has 1 aromatic heterocycles. The smallest absolute Gasteiger partial charge is 0.287 e. The van der Waals surface area contributed by atoms with Crippen molar-refractivity contribution in [3.63, 3.8) is 0 Å². The average molecular weight is 404 g/mol. The molecule has 8 heteroatoms. The van der Waals surface area contributed by atoms with Crippen molar-refractivity contribution in [2.45, 2.75) is 26.2 Å². The zero-order chi connectivity index (χ0) is 20.1. The largest absolute Gasteiger partial charge is 0.455 e. The molecule has 2 amide bonds. The first-order valence-electron chi connectivity index (χ1n) is 9.03. The van der Waals surface area contributed by atoms with E-state index in [1.807, 2.05) is 6.92 Å². The Morgan fingerprint density at radius 1 is 1.21 bits per heavy atom. The van der Waals surface area contributed by atoms with Gasteiger partial charge in [0, 0.05) is 41.8 Å². The summed E-state index contributed by atoms with van der Waals surface area (Å²) >= 11 is 5.85. The third-order valence-electron chi connectivity index (χ3n) is 4.52. The number of hydrazone groups is 1. The molecule has 2 aromatic rings. The molecule has 0 spiro atoms. The lowest BCUT2D eigenvalue weighted by Crippen LogP contribution is -2.27. The van der Waals surface area contributed by atoms with Gasteiger partial charge in [-0.3, -0.25) is 9.59 Å². The molecule has 3 rings (SSSR count). The van der Waals surface area contributed by atoms with E-state index in [-0.39, 0.29) is 17.6 Å². The Kier molecular flexibility index (Phi) is 6.49. The first-order chi connectivity index (χ1) is 13.5. The van der Waals surface area contributed by atoms with Gasteiger partial charge in [0.25, 0.3) is 11.8 Å². The third kappa shape index (κ3) is 4.43. The summed E-state index contributed by atoms with van der Waals surface area (Å²) in [5, 5.41) is 7.63. The quantitative estimate of drug-likeness (QED) is 0.572. The number of halogens is 1. The first kappa shape index (κ1) is 20.1. The number of aryl methyl sites for hydroxylation is 1. The van der Waals surface area contributed by atoms with Crippen LogP contribution in [0.2, 0.25) is 5.02 Å². The second-order valence-corrected chi connectivity index (χ2v) is 6.90. The minimum absolute atomic E-state index is 0.278.